The van der Waals surface area contributed by atoms with E-state index in [2.05, 4.69) is 42.1 Å². The van der Waals surface area contributed by atoms with Crippen LogP contribution in [0.1, 0.15) is 18.4 Å². The lowest BCUT2D eigenvalue weighted by Crippen LogP contribution is -2.45. The molecule has 2 rings (SSSR count). The van der Waals surface area contributed by atoms with Crippen molar-refractivity contribution in [2.75, 3.05) is 25.0 Å². The highest BCUT2D eigenvalue weighted by Crippen LogP contribution is 2.32. The molecule has 1 aromatic rings. The predicted octanol–water partition coefficient (Wildman–Crippen LogP) is 2.88. The molecule has 0 spiro atoms. The smallest absolute Gasteiger partial charge is 0.238 e. The molecule has 1 fully saturated rings. The second-order valence-corrected chi connectivity index (χ2v) is 7.00. The lowest BCUT2D eigenvalue weighted by Gasteiger charge is -2.30. The first-order valence-electron chi connectivity index (χ1n) is 6.69. The number of piperidine rings is 1. The number of nitrogens with one attached hydrogen (secondary N) is 1. The van der Waals surface area contributed by atoms with Crippen LogP contribution in [0.3, 0.4) is 0 Å². The van der Waals surface area contributed by atoms with Crippen LogP contribution in [0.5, 0.6) is 0 Å². The van der Waals surface area contributed by atoms with Gasteiger partial charge in [0.15, 0.2) is 0 Å². The summed E-state index contributed by atoms with van der Waals surface area (Å²) in [5.41, 5.74) is 7.84. The average molecular weight is 405 g/mol. The molecule has 0 radical (unpaired) electrons. The minimum atomic E-state index is -0.00986. The number of likely N-dealkylation sites (tertiary alicyclic amines) is 1. The van der Waals surface area contributed by atoms with E-state index in [0.29, 0.717) is 6.54 Å². The van der Waals surface area contributed by atoms with Gasteiger partial charge >= 0.3 is 0 Å². The van der Waals surface area contributed by atoms with Gasteiger partial charge in [-0.05, 0) is 75.9 Å². The average Bonchev–Trinajstić information content (AvgIpc) is 2.33. The van der Waals surface area contributed by atoms with E-state index in [1.54, 1.807) is 0 Å². The van der Waals surface area contributed by atoms with Crippen molar-refractivity contribution in [2.24, 2.45) is 5.73 Å². The van der Waals surface area contributed by atoms with Crippen LogP contribution in [-0.4, -0.2) is 36.5 Å². The maximum atomic E-state index is 12.1. The number of halogens is 2. The van der Waals surface area contributed by atoms with E-state index in [0.717, 1.165) is 46.1 Å². The number of nitrogens with two attached hydrogens (primary N) is 1. The van der Waals surface area contributed by atoms with Crippen molar-refractivity contribution in [3.63, 3.8) is 0 Å². The monoisotopic (exact) mass is 403 g/mol. The summed E-state index contributed by atoms with van der Waals surface area (Å²) in [7, 11) is 0. The maximum absolute atomic E-state index is 12.1. The molecule has 1 atom stereocenters. The van der Waals surface area contributed by atoms with Gasteiger partial charge in [0, 0.05) is 21.5 Å². The number of rotatable bonds is 3. The molecule has 0 saturated carbocycles. The van der Waals surface area contributed by atoms with Crippen molar-refractivity contribution < 1.29 is 4.79 Å². The first kappa shape index (κ1) is 15.9. The van der Waals surface area contributed by atoms with Crippen molar-refractivity contribution >= 4 is 43.5 Å². The lowest BCUT2D eigenvalue weighted by molar-refractivity contribution is -0.117. The number of anilines is 1. The van der Waals surface area contributed by atoms with Crippen LogP contribution in [0.25, 0.3) is 0 Å². The van der Waals surface area contributed by atoms with Gasteiger partial charge in [0.05, 0.1) is 12.2 Å². The van der Waals surface area contributed by atoms with Gasteiger partial charge in [-0.1, -0.05) is 0 Å². The zero-order chi connectivity index (χ0) is 14.7. The van der Waals surface area contributed by atoms with Crippen LogP contribution in [0.15, 0.2) is 21.1 Å². The van der Waals surface area contributed by atoms with Crippen molar-refractivity contribution in [1.29, 1.82) is 0 Å². The first-order valence-corrected chi connectivity index (χ1v) is 8.27. The zero-order valence-corrected chi connectivity index (χ0v) is 14.6. The van der Waals surface area contributed by atoms with Crippen LogP contribution in [0, 0.1) is 6.92 Å². The summed E-state index contributed by atoms with van der Waals surface area (Å²) in [4.78, 5) is 14.3. The largest absolute Gasteiger partial charge is 0.327 e. The molecule has 110 valence electrons. The number of aryl methyl sites for hydroxylation is 1. The van der Waals surface area contributed by atoms with E-state index in [4.69, 9.17) is 5.73 Å². The van der Waals surface area contributed by atoms with Crippen LogP contribution in [-0.2, 0) is 4.79 Å². The third kappa shape index (κ3) is 4.28. The van der Waals surface area contributed by atoms with E-state index in [1.807, 2.05) is 19.1 Å². The van der Waals surface area contributed by atoms with Gasteiger partial charge in [-0.2, -0.15) is 0 Å². The number of benzene rings is 1. The number of amides is 1. The van der Waals surface area contributed by atoms with Crippen LogP contribution < -0.4 is 11.1 Å². The Hall–Kier alpha value is -0.430. The van der Waals surface area contributed by atoms with Gasteiger partial charge in [0.25, 0.3) is 0 Å². The fourth-order valence-electron chi connectivity index (χ4n) is 2.44. The number of carbonyl (C=O) groups is 1. The maximum Gasteiger partial charge on any atom is 0.238 e. The molecule has 1 aliphatic rings. The fraction of sp³-hybridized carbons (Fsp3) is 0.500. The number of carbonyl (C=O) groups excluding carboxylic acids is 1. The topological polar surface area (TPSA) is 58.4 Å². The Balaban J connectivity index is 1.98. The molecular formula is C14H19Br2N3O. The summed E-state index contributed by atoms with van der Waals surface area (Å²) >= 11 is 6.97. The van der Waals surface area contributed by atoms with E-state index in [-0.39, 0.29) is 11.9 Å². The molecule has 1 aliphatic heterocycles. The van der Waals surface area contributed by atoms with E-state index in [9.17, 15) is 4.79 Å². The third-order valence-electron chi connectivity index (χ3n) is 3.36. The molecule has 3 N–H and O–H groups in total. The summed E-state index contributed by atoms with van der Waals surface area (Å²) in [6, 6.07) is 4.16. The SMILES string of the molecule is Cc1cc(Br)c(NC(=O)CN2CCCC(N)C2)c(Br)c1. The molecule has 1 aromatic carbocycles. The highest BCUT2D eigenvalue weighted by atomic mass is 79.9. The molecule has 1 amide bonds. The second kappa shape index (κ2) is 7.02. The van der Waals surface area contributed by atoms with Gasteiger partial charge in [-0.15, -0.1) is 0 Å². The van der Waals surface area contributed by atoms with Gasteiger partial charge in [0.1, 0.15) is 0 Å². The van der Waals surface area contributed by atoms with Crippen LogP contribution in [0.4, 0.5) is 5.69 Å². The normalized spacial score (nSPS) is 19.9. The van der Waals surface area contributed by atoms with Gasteiger partial charge in [-0.3, -0.25) is 9.69 Å². The Morgan fingerprint density at radius 3 is 2.70 bits per heavy atom. The standard InChI is InChI=1S/C14H19Br2N3O/c1-9-5-11(15)14(12(16)6-9)18-13(20)8-19-4-2-3-10(17)7-19/h5-6,10H,2-4,7-8,17H2,1H3,(H,18,20). The minimum Gasteiger partial charge on any atom is -0.327 e. The Kier molecular flexibility index (Phi) is 5.60. The van der Waals surface area contributed by atoms with Crippen molar-refractivity contribution in [3.8, 4) is 0 Å². The highest BCUT2D eigenvalue weighted by molar-refractivity contribution is 9.11. The van der Waals surface area contributed by atoms with Crippen molar-refractivity contribution in [3.05, 3.63) is 26.6 Å². The molecular weight excluding hydrogens is 386 g/mol. The van der Waals surface area contributed by atoms with Crippen molar-refractivity contribution in [1.82, 2.24) is 4.90 Å². The van der Waals surface area contributed by atoms with E-state index < -0.39 is 0 Å². The second-order valence-electron chi connectivity index (χ2n) is 5.29. The van der Waals surface area contributed by atoms with Gasteiger partial charge in [-0.25, -0.2) is 0 Å². The molecule has 1 saturated heterocycles. The van der Waals surface area contributed by atoms with E-state index >= 15 is 0 Å². The molecule has 20 heavy (non-hydrogen) atoms. The molecule has 1 heterocycles. The summed E-state index contributed by atoms with van der Waals surface area (Å²) < 4.78 is 1.76. The molecule has 6 heteroatoms. The summed E-state index contributed by atoms with van der Waals surface area (Å²) in [5, 5.41) is 2.95. The van der Waals surface area contributed by atoms with Crippen LogP contribution >= 0.6 is 31.9 Å². The summed E-state index contributed by atoms with van der Waals surface area (Å²) in [6.45, 7) is 4.14. The molecule has 0 bridgehead atoms. The predicted molar refractivity (Wildman–Crippen MR) is 88.9 cm³/mol. The Labute approximate surface area is 136 Å². The summed E-state index contributed by atoms with van der Waals surface area (Å²) in [5.74, 6) is -0.00986. The quantitative estimate of drug-likeness (QED) is 0.814. The number of nitrogens with zero attached hydrogens (tertiary/aromatic N) is 1. The summed E-state index contributed by atoms with van der Waals surface area (Å²) in [6.07, 6.45) is 2.11. The highest BCUT2D eigenvalue weighted by Gasteiger charge is 2.19. The molecule has 0 aromatic heterocycles. The molecule has 0 aliphatic carbocycles. The van der Waals surface area contributed by atoms with Crippen LogP contribution in [0.2, 0.25) is 0 Å². The fourth-order valence-corrected chi connectivity index (χ4v) is 4.05. The number of hydrogen-bond donors (Lipinski definition) is 2. The minimum absolute atomic E-state index is 0.00986. The van der Waals surface area contributed by atoms with Gasteiger partial charge < -0.3 is 11.1 Å². The lowest BCUT2D eigenvalue weighted by atomic mass is 10.1. The van der Waals surface area contributed by atoms with Crippen molar-refractivity contribution in [2.45, 2.75) is 25.8 Å². The molecule has 1 unspecified atom stereocenters. The van der Waals surface area contributed by atoms with Gasteiger partial charge in [0.2, 0.25) is 5.91 Å². The Bertz CT molecular complexity index is 484. The molecule has 4 nitrogen and oxygen atoms in total. The Morgan fingerprint density at radius 1 is 1.45 bits per heavy atom. The third-order valence-corrected chi connectivity index (χ3v) is 4.61. The van der Waals surface area contributed by atoms with E-state index in [1.165, 1.54) is 0 Å². The first-order chi connectivity index (χ1) is 9.45. The Morgan fingerprint density at radius 2 is 2.10 bits per heavy atom. The number of hydrogen-bond acceptors (Lipinski definition) is 3. The zero-order valence-electron chi connectivity index (χ0n) is 11.5.